The van der Waals surface area contributed by atoms with Crippen LogP contribution in [0.3, 0.4) is 0 Å². The summed E-state index contributed by atoms with van der Waals surface area (Å²) in [6.45, 7) is 5.65. The van der Waals surface area contributed by atoms with E-state index in [-0.39, 0.29) is 0 Å². The van der Waals surface area contributed by atoms with E-state index >= 15 is 0 Å². The summed E-state index contributed by atoms with van der Waals surface area (Å²) in [7, 11) is 0. The van der Waals surface area contributed by atoms with Crippen molar-refractivity contribution in [3.8, 4) is 0 Å². The predicted molar refractivity (Wildman–Crippen MR) is 89.3 cm³/mol. The van der Waals surface area contributed by atoms with E-state index < -0.39 is 0 Å². The van der Waals surface area contributed by atoms with Crippen molar-refractivity contribution in [3.63, 3.8) is 0 Å². The van der Waals surface area contributed by atoms with Crippen molar-refractivity contribution in [2.75, 3.05) is 43.5 Å². The zero-order valence-corrected chi connectivity index (χ0v) is 13.5. The Morgan fingerprint density at radius 3 is 2.30 bits per heavy atom. The smallest absolute Gasteiger partial charge is 0.0639 e. The Hall–Kier alpha value is -0.440. The molecule has 0 saturated carbocycles. The summed E-state index contributed by atoms with van der Waals surface area (Å²) in [5.41, 5.74) is 1.18. The Labute approximate surface area is 132 Å². The lowest BCUT2D eigenvalue weighted by Gasteiger charge is -2.36. The normalized spacial score (nSPS) is 16.6. The fourth-order valence-corrected chi connectivity index (χ4v) is 3.15. The molecule has 1 heterocycles. The minimum Gasteiger partial charge on any atom is -0.368 e. The third-order valence-corrected chi connectivity index (χ3v) is 4.51. The average Bonchev–Trinajstić information content (AvgIpc) is 2.48. The van der Waals surface area contributed by atoms with Gasteiger partial charge in [0.1, 0.15) is 0 Å². The molecule has 20 heavy (non-hydrogen) atoms. The van der Waals surface area contributed by atoms with Crippen molar-refractivity contribution in [1.29, 1.82) is 0 Å². The highest BCUT2D eigenvalue weighted by Gasteiger charge is 2.17. The first kappa shape index (κ1) is 15.9. The molecule has 1 aliphatic heterocycles. The fourth-order valence-electron chi connectivity index (χ4n) is 2.70. The average molecular weight is 315 g/mol. The summed E-state index contributed by atoms with van der Waals surface area (Å²) in [5.74, 6) is 0.802. The van der Waals surface area contributed by atoms with E-state index in [9.17, 15) is 0 Å². The van der Waals surface area contributed by atoms with Gasteiger partial charge in [0.05, 0.1) is 10.7 Å². The fraction of sp³-hybridized carbons (Fsp3) is 0.625. The molecule has 0 N–H and O–H groups in total. The van der Waals surface area contributed by atoms with Gasteiger partial charge in [0, 0.05) is 32.1 Å². The van der Waals surface area contributed by atoms with Crippen molar-refractivity contribution < 1.29 is 0 Å². The summed E-state index contributed by atoms with van der Waals surface area (Å²) in [6, 6.07) is 8.14. The number of anilines is 1. The molecule has 1 saturated heterocycles. The standard InChI is InChI=1S/C16H24Cl2N2/c17-9-5-1-2-6-10-19-11-13-20(14-12-19)16-8-4-3-7-15(16)18/h3-4,7-8H,1-2,5-6,9-14H2. The maximum absolute atomic E-state index is 6.26. The second kappa shape index (κ2) is 8.76. The van der Waals surface area contributed by atoms with E-state index in [2.05, 4.69) is 21.9 Å². The van der Waals surface area contributed by atoms with Crippen LogP contribution >= 0.6 is 23.2 Å². The lowest BCUT2D eigenvalue weighted by atomic mass is 10.2. The minimum absolute atomic E-state index is 0.802. The Morgan fingerprint density at radius 1 is 0.900 bits per heavy atom. The van der Waals surface area contributed by atoms with Gasteiger partial charge < -0.3 is 4.90 Å². The summed E-state index contributed by atoms with van der Waals surface area (Å²) in [5, 5.41) is 0.863. The largest absolute Gasteiger partial charge is 0.368 e. The SMILES string of the molecule is ClCCCCCCN1CCN(c2ccccc2Cl)CC1. The van der Waals surface area contributed by atoms with Gasteiger partial charge in [0.2, 0.25) is 0 Å². The molecule has 0 aliphatic carbocycles. The molecule has 2 rings (SSSR count). The van der Waals surface area contributed by atoms with Gasteiger partial charge >= 0.3 is 0 Å². The zero-order chi connectivity index (χ0) is 14.2. The quantitative estimate of drug-likeness (QED) is 0.548. The number of benzene rings is 1. The molecule has 0 atom stereocenters. The van der Waals surface area contributed by atoms with E-state index in [1.54, 1.807) is 0 Å². The van der Waals surface area contributed by atoms with Crippen molar-refractivity contribution >= 4 is 28.9 Å². The molecule has 1 aliphatic rings. The van der Waals surface area contributed by atoms with Crippen LogP contribution in [-0.2, 0) is 0 Å². The number of piperazine rings is 1. The first-order chi connectivity index (χ1) is 9.81. The van der Waals surface area contributed by atoms with Crippen molar-refractivity contribution in [2.45, 2.75) is 25.7 Å². The summed E-state index contributed by atoms with van der Waals surface area (Å²) >= 11 is 11.9. The van der Waals surface area contributed by atoms with Crippen LogP contribution in [0.4, 0.5) is 5.69 Å². The van der Waals surface area contributed by atoms with Gasteiger partial charge in [-0.1, -0.05) is 36.6 Å². The molecule has 4 heteroatoms. The van der Waals surface area contributed by atoms with Gasteiger partial charge in [0.25, 0.3) is 0 Å². The van der Waals surface area contributed by atoms with Crippen LogP contribution in [0.15, 0.2) is 24.3 Å². The van der Waals surface area contributed by atoms with E-state index in [0.29, 0.717) is 0 Å². The Kier molecular flexibility index (Phi) is 6.98. The Bertz CT molecular complexity index is 390. The van der Waals surface area contributed by atoms with Crippen LogP contribution in [0.5, 0.6) is 0 Å². The second-order valence-corrected chi connectivity index (χ2v) is 6.17. The lowest BCUT2D eigenvalue weighted by molar-refractivity contribution is 0.252. The van der Waals surface area contributed by atoms with Crippen LogP contribution in [0, 0.1) is 0 Å². The molecule has 1 fully saturated rings. The molecular formula is C16H24Cl2N2. The monoisotopic (exact) mass is 314 g/mol. The molecular weight excluding hydrogens is 291 g/mol. The number of para-hydroxylation sites is 1. The molecule has 1 aromatic rings. The first-order valence-corrected chi connectivity index (χ1v) is 8.50. The minimum atomic E-state index is 0.802. The second-order valence-electron chi connectivity index (χ2n) is 5.38. The number of hydrogen-bond acceptors (Lipinski definition) is 2. The van der Waals surface area contributed by atoms with E-state index in [4.69, 9.17) is 23.2 Å². The van der Waals surface area contributed by atoms with Crippen LogP contribution in [-0.4, -0.2) is 43.5 Å². The Balaban J connectivity index is 1.69. The summed E-state index contributed by atoms with van der Waals surface area (Å²) < 4.78 is 0. The van der Waals surface area contributed by atoms with Gasteiger partial charge in [-0.15, -0.1) is 11.6 Å². The molecule has 2 nitrogen and oxygen atoms in total. The van der Waals surface area contributed by atoms with E-state index in [1.165, 1.54) is 31.5 Å². The van der Waals surface area contributed by atoms with Crippen molar-refractivity contribution in [1.82, 2.24) is 4.90 Å². The zero-order valence-electron chi connectivity index (χ0n) is 12.0. The Morgan fingerprint density at radius 2 is 1.60 bits per heavy atom. The molecule has 0 radical (unpaired) electrons. The molecule has 1 aromatic carbocycles. The topological polar surface area (TPSA) is 6.48 Å². The van der Waals surface area contributed by atoms with Crippen molar-refractivity contribution in [2.24, 2.45) is 0 Å². The number of hydrogen-bond donors (Lipinski definition) is 0. The summed E-state index contributed by atoms with van der Waals surface area (Å²) in [4.78, 5) is 4.96. The summed E-state index contributed by atoms with van der Waals surface area (Å²) in [6.07, 6.45) is 5.02. The lowest BCUT2D eigenvalue weighted by Crippen LogP contribution is -2.46. The van der Waals surface area contributed by atoms with Gasteiger partial charge in [-0.25, -0.2) is 0 Å². The van der Waals surface area contributed by atoms with Gasteiger partial charge in [-0.2, -0.15) is 0 Å². The highest BCUT2D eigenvalue weighted by Crippen LogP contribution is 2.26. The van der Waals surface area contributed by atoms with Crippen LogP contribution < -0.4 is 4.90 Å². The molecule has 0 unspecified atom stereocenters. The number of rotatable bonds is 7. The van der Waals surface area contributed by atoms with E-state index in [1.807, 2.05) is 12.1 Å². The van der Waals surface area contributed by atoms with Crippen LogP contribution in [0.2, 0.25) is 5.02 Å². The third-order valence-electron chi connectivity index (χ3n) is 3.92. The van der Waals surface area contributed by atoms with E-state index in [0.717, 1.165) is 43.5 Å². The highest BCUT2D eigenvalue weighted by molar-refractivity contribution is 6.33. The first-order valence-electron chi connectivity index (χ1n) is 7.59. The number of nitrogens with zero attached hydrogens (tertiary/aromatic N) is 2. The van der Waals surface area contributed by atoms with Crippen LogP contribution in [0.25, 0.3) is 0 Å². The van der Waals surface area contributed by atoms with Gasteiger partial charge in [-0.05, 0) is 31.5 Å². The maximum Gasteiger partial charge on any atom is 0.0639 e. The molecule has 0 bridgehead atoms. The highest BCUT2D eigenvalue weighted by atomic mass is 35.5. The third kappa shape index (κ3) is 4.83. The van der Waals surface area contributed by atoms with Gasteiger partial charge in [-0.3, -0.25) is 4.90 Å². The van der Waals surface area contributed by atoms with Gasteiger partial charge in [0.15, 0.2) is 0 Å². The predicted octanol–water partition coefficient (Wildman–Crippen LogP) is 4.26. The molecule has 112 valence electrons. The molecule has 0 aromatic heterocycles. The van der Waals surface area contributed by atoms with Crippen molar-refractivity contribution in [3.05, 3.63) is 29.3 Å². The molecule has 0 amide bonds. The number of unbranched alkanes of at least 4 members (excludes halogenated alkanes) is 3. The number of halogens is 2. The number of alkyl halides is 1. The molecule has 0 spiro atoms. The maximum atomic E-state index is 6.26. The van der Waals surface area contributed by atoms with Crippen LogP contribution in [0.1, 0.15) is 25.7 Å².